The van der Waals surface area contributed by atoms with Crippen LogP contribution in [0.15, 0.2) is 0 Å². The standard InChI is InChI=1S/C12H27NO2/c1-6-7-13-12(8-14-10(2)3)9-15-11(4)5/h10-13H,6-9H2,1-5H3. The molecule has 0 bridgehead atoms. The second kappa shape index (κ2) is 9.13. The van der Waals surface area contributed by atoms with Crippen LogP contribution in [0.4, 0.5) is 0 Å². The number of rotatable bonds is 9. The van der Waals surface area contributed by atoms with Gasteiger partial charge < -0.3 is 14.8 Å². The zero-order chi connectivity index (χ0) is 11.7. The van der Waals surface area contributed by atoms with Crippen LogP contribution in [0.5, 0.6) is 0 Å². The molecule has 0 spiro atoms. The van der Waals surface area contributed by atoms with Crippen LogP contribution in [-0.2, 0) is 9.47 Å². The molecule has 0 amide bonds. The predicted octanol–water partition coefficient (Wildman–Crippen LogP) is 2.20. The monoisotopic (exact) mass is 217 g/mol. The molecule has 0 aromatic rings. The zero-order valence-electron chi connectivity index (χ0n) is 10.9. The summed E-state index contributed by atoms with van der Waals surface area (Å²) in [5, 5.41) is 3.43. The zero-order valence-corrected chi connectivity index (χ0v) is 10.9. The maximum Gasteiger partial charge on any atom is 0.0645 e. The Morgan fingerprint density at radius 1 is 0.933 bits per heavy atom. The summed E-state index contributed by atoms with van der Waals surface area (Å²) >= 11 is 0. The van der Waals surface area contributed by atoms with Crippen molar-refractivity contribution in [2.24, 2.45) is 0 Å². The van der Waals surface area contributed by atoms with Gasteiger partial charge in [-0.3, -0.25) is 0 Å². The average Bonchev–Trinajstić information content (AvgIpc) is 2.16. The van der Waals surface area contributed by atoms with Crippen LogP contribution in [0.3, 0.4) is 0 Å². The first-order valence-electron chi connectivity index (χ1n) is 6.02. The number of nitrogens with one attached hydrogen (secondary N) is 1. The van der Waals surface area contributed by atoms with Crippen molar-refractivity contribution in [2.75, 3.05) is 19.8 Å². The van der Waals surface area contributed by atoms with Crippen LogP contribution in [0.2, 0.25) is 0 Å². The lowest BCUT2D eigenvalue weighted by atomic mass is 10.3. The molecule has 0 unspecified atom stereocenters. The van der Waals surface area contributed by atoms with Crippen molar-refractivity contribution in [1.29, 1.82) is 0 Å². The van der Waals surface area contributed by atoms with Crippen molar-refractivity contribution in [1.82, 2.24) is 5.32 Å². The van der Waals surface area contributed by atoms with Crippen LogP contribution in [0.25, 0.3) is 0 Å². The average molecular weight is 217 g/mol. The van der Waals surface area contributed by atoms with Crippen LogP contribution < -0.4 is 5.32 Å². The van der Waals surface area contributed by atoms with Crippen LogP contribution in [-0.4, -0.2) is 38.0 Å². The van der Waals surface area contributed by atoms with Gasteiger partial charge in [0.1, 0.15) is 0 Å². The van der Waals surface area contributed by atoms with Gasteiger partial charge in [-0.2, -0.15) is 0 Å². The molecule has 0 fully saturated rings. The molecule has 0 radical (unpaired) electrons. The molecule has 3 heteroatoms. The first-order chi connectivity index (χ1) is 7.06. The summed E-state index contributed by atoms with van der Waals surface area (Å²) in [4.78, 5) is 0. The molecular formula is C12H27NO2. The van der Waals surface area contributed by atoms with Crippen molar-refractivity contribution >= 4 is 0 Å². The Morgan fingerprint density at radius 2 is 1.40 bits per heavy atom. The molecule has 92 valence electrons. The highest BCUT2D eigenvalue weighted by Gasteiger charge is 2.09. The molecule has 0 aromatic carbocycles. The van der Waals surface area contributed by atoms with E-state index in [1.54, 1.807) is 0 Å². The fraction of sp³-hybridized carbons (Fsp3) is 1.00. The third-order valence-electron chi connectivity index (χ3n) is 1.94. The van der Waals surface area contributed by atoms with Crippen molar-refractivity contribution in [3.05, 3.63) is 0 Å². The first-order valence-corrected chi connectivity index (χ1v) is 6.02. The molecule has 0 heterocycles. The van der Waals surface area contributed by atoms with Crippen molar-refractivity contribution in [3.63, 3.8) is 0 Å². The highest BCUT2D eigenvalue weighted by Crippen LogP contribution is 1.96. The minimum absolute atomic E-state index is 0.287. The summed E-state index contributed by atoms with van der Waals surface area (Å²) < 4.78 is 11.2. The Morgan fingerprint density at radius 3 is 1.73 bits per heavy atom. The summed E-state index contributed by atoms with van der Waals surface area (Å²) in [7, 11) is 0. The van der Waals surface area contributed by atoms with E-state index in [0.29, 0.717) is 6.04 Å². The van der Waals surface area contributed by atoms with Crippen molar-refractivity contribution in [3.8, 4) is 0 Å². The largest absolute Gasteiger partial charge is 0.377 e. The number of hydrogen-bond donors (Lipinski definition) is 1. The highest BCUT2D eigenvalue weighted by molar-refractivity contribution is 4.66. The highest BCUT2D eigenvalue weighted by atomic mass is 16.5. The van der Waals surface area contributed by atoms with Gasteiger partial charge in [0.25, 0.3) is 0 Å². The van der Waals surface area contributed by atoms with Gasteiger partial charge in [-0.05, 0) is 40.7 Å². The second-order valence-electron chi connectivity index (χ2n) is 4.42. The van der Waals surface area contributed by atoms with Crippen molar-refractivity contribution < 1.29 is 9.47 Å². The molecule has 1 N–H and O–H groups in total. The molecule has 0 atom stereocenters. The predicted molar refractivity (Wildman–Crippen MR) is 64.3 cm³/mol. The molecular weight excluding hydrogens is 190 g/mol. The molecule has 0 saturated heterocycles. The number of hydrogen-bond acceptors (Lipinski definition) is 3. The van der Waals surface area contributed by atoms with Gasteiger partial charge in [-0.15, -0.1) is 0 Å². The van der Waals surface area contributed by atoms with E-state index in [0.717, 1.165) is 26.2 Å². The van der Waals surface area contributed by atoms with Gasteiger partial charge in [0.05, 0.1) is 31.5 Å². The van der Waals surface area contributed by atoms with Crippen LogP contribution in [0, 0.1) is 0 Å². The Kier molecular flexibility index (Phi) is 9.06. The van der Waals surface area contributed by atoms with E-state index in [1.165, 1.54) is 0 Å². The fourth-order valence-corrected chi connectivity index (χ4v) is 1.13. The lowest BCUT2D eigenvalue weighted by Gasteiger charge is -2.21. The smallest absolute Gasteiger partial charge is 0.0645 e. The van der Waals surface area contributed by atoms with E-state index in [4.69, 9.17) is 9.47 Å². The van der Waals surface area contributed by atoms with E-state index >= 15 is 0 Å². The number of ether oxygens (including phenoxy) is 2. The van der Waals surface area contributed by atoms with Gasteiger partial charge in [-0.25, -0.2) is 0 Å². The Balaban J connectivity index is 3.73. The Hall–Kier alpha value is -0.120. The third kappa shape index (κ3) is 10.2. The van der Waals surface area contributed by atoms with E-state index in [1.807, 2.05) is 0 Å². The molecule has 0 aliphatic heterocycles. The molecule has 0 rings (SSSR count). The van der Waals surface area contributed by atoms with Gasteiger partial charge in [-0.1, -0.05) is 6.92 Å². The van der Waals surface area contributed by atoms with Crippen molar-refractivity contribution in [2.45, 2.75) is 59.3 Å². The Bertz CT molecular complexity index is 126. The van der Waals surface area contributed by atoms with E-state index < -0.39 is 0 Å². The summed E-state index contributed by atoms with van der Waals surface area (Å²) in [5.74, 6) is 0. The topological polar surface area (TPSA) is 30.5 Å². The molecule has 0 aromatic heterocycles. The lowest BCUT2D eigenvalue weighted by Crippen LogP contribution is -2.39. The lowest BCUT2D eigenvalue weighted by molar-refractivity contribution is 0.0116. The van der Waals surface area contributed by atoms with Gasteiger partial charge in [0.2, 0.25) is 0 Å². The normalized spacial score (nSPS) is 12.0. The van der Waals surface area contributed by atoms with Crippen LogP contribution >= 0.6 is 0 Å². The first kappa shape index (κ1) is 14.9. The molecule has 0 saturated carbocycles. The SMILES string of the molecule is CCCNC(COC(C)C)COC(C)C. The minimum atomic E-state index is 0.287. The summed E-state index contributed by atoms with van der Waals surface area (Å²) in [5.41, 5.74) is 0. The van der Waals surface area contributed by atoms with Crippen LogP contribution in [0.1, 0.15) is 41.0 Å². The summed E-state index contributed by atoms with van der Waals surface area (Å²) in [6.45, 7) is 12.9. The molecule has 0 aliphatic rings. The van der Waals surface area contributed by atoms with Gasteiger partial charge in [0, 0.05) is 0 Å². The van der Waals surface area contributed by atoms with E-state index in [2.05, 4.69) is 39.9 Å². The summed E-state index contributed by atoms with van der Waals surface area (Å²) in [6, 6.07) is 0.315. The van der Waals surface area contributed by atoms with Gasteiger partial charge in [0.15, 0.2) is 0 Å². The quantitative estimate of drug-likeness (QED) is 0.642. The summed E-state index contributed by atoms with van der Waals surface area (Å²) in [6.07, 6.45) is 1.71. The minimum Gasteiger partial charge on any atom is -0.377 e. The molecule has 0 aliphatic carbocycles. The van der Waals surface area contributed by atoms with E-state index in [-0.39, 0.29) is 12.2 Å². The maximum absolute atomic E-state index is 5.59. The molecule has 3 nitrogen and oxygen atoms in total. The third-order valence-corrected chi connectivity index (χ3v) is 1.94. The maximum atomic E-state index is 5.59. The van der Waals surface area contributed by atoms with Gasteiger partial charge >= 0.3 is 0 Å². The fourth-order valence-electron chi connectivity index (χ4n) is 1.13. The van der Waals surface area contributed by atoms with E-state index in [9.17, 15) is 0 Å². The Labute approximate surface area is 94.5 Å². The second-order valence-corrected chi connectivity index (χ2v) is 4.42. The molecule has 15 heavy (non-hydrogen) atoms.